The average molecular weight is 293 g/mol. The number of ether oxygens (including phenoxy) is 1. The molecule has 0 spiro atoms. The Kier molecular flexibility index (Phi) is 5.21. The maximum atomic E-state index is 11.7. The Balaban J connectivity index is 2.29. The minimum atomic E-state index is -0.494. The SMILES string of the molecule is CC(CN1CCOCC1)NC(=O)C(C)(C)Br. The van der Waals surface area contributed by atoms with Gasteiger partial charge in [0.25, 0.3) is 0 Å². The maximum absolute atomic E-state index is 11.7. The minimum Gasteiger partial charge on any atom is -0.379 e. The summed E-state index contributed by atoms with van der Waals surface area (Å²) in [5, 5.41) is 3.00. The van der Waals surface area contributed by atoms with E-state index in [1.165, 1.54) is 0 Å². The summed E-state index contributed by atoms with van der Waals surface area (Å²) < 4.78 is 4.79. The summed E-state index contributed by atoms with van der Waals surface area (Å²) in [6, 6.07) is 0.169. The molecule has 1 fully saturated rings. The fourth-order valence-corrected chi connectivity index (χ4v) is 1.73. The second-order valence-electron chi connectivity index (χ2n) is 4.76. The first kappa shape index (κ1) is 13.9. The number of halogens is 1. The lowest BCUT2D eigenvalue weighted by molar-refractivity contribution is -0.123. The maximum Gasteiger partial charge on any atom is 0.236 e. The molecule has 1 unspecified atom stereocenters. The molecule has 1 saturated heterocycles. The zero-order valence-electron chi connectivity index (χ0n) is 10.3. The lowest BCUT2D eigenvalue weighted by atomic mass is 10.2. The second kappa shape index (κ2) is 5.98. The van der Waals surface area contributed by atoms with Crippen molar-refractivity contribution in [3.05, 3.63) is 0 Å². The molecule has 0 saturated carbocycles. The van der Waals surface area contributed by atoms with Gasteiger partial charge in [0.15, 0.2) is 0 Å². The number of hydrogen-bond acceptors (Lipinski definition) is 3. The number of amides is 1. The summed E-state index contributed by atoms with van der Waals surface area (Å²) in [6.07, 6.45) is 0. The van der Waals surface area contributed by atoms with Crippen LogP contribution in [0.25, 0.3) is 0 Å². The first-order valence-electron chi connectivity index (χ1n) is 5.69. The first-order valence-corrected chi connectivity index (χ1v) is 6.49. The Hall–Kier alpha value is -0.130. The van der Waals surface area contributed by atoms with Crippen molar-refractivity contribution in [3.8, 4) is 0 Å². The molecule has 0 aromatic heterocycles. The van der Waals surface area contributed by atoms with Crippen LogP contribution in [-0.4, -0.2) is 54.0 Å². The van der Waals surface area contributed by atoms with E-state index in [2.05, 4.69) is 26.1 Å². The van der Waals surface area contributed by atoms with Gasteiger partial charge in [-0.15, -0.1) is 0 Å². The monoisotopic (exact) mass is 292 g/mol. The highest BCUT2D eigenvalue weighted by atomic mass is 79.9. The third-order valence-electron chi connectivity index (χ3n) is 2.55. The summed E-state index contributed by atoms with van der Waals surface area (Å²) in [4.78, 5) is 14.0. The third kappa shape index (κ3) is 4.80. The number of nitrogens with zero attached hydrogens (tertiary/aromatic N) is 1. The molecular weight excluding hydrogens is 272 g/mol. The summed E-state index contributed by atoms with van der Waals surface area (Å²) in [5.41, 5.74) is 0. The van der Waals surface area contributed by atoms with Gasteiger partial charge in [-0.2, -0.15) is 0 Å². The van der Waals surface area contributed by atoms with Crippen molar-refractivity contribution in [3.63, 3.8) is 0 Å². The number of nitrogens with one attached hydrogen (secondary N) is 1. The van der Waals surface area contributed by atoms with Crippen molar-refractivity contribution in [1.29, 1.82) is 0 Å². The Labute approximate surface area is 106 Å². The van der Waals surface area contributed by atoms with E-state index in [0.29, 0.717) is 0 Å². The molecule has 1 atom stereocenters. The van der Waals surface area contributed by atoms with E-state index < -0.39 is 4.32 Å². The summed E-state index contributed by atoms with van der Waals surface area (Å²) in [7, 11) is 0. The molecule has 0 bridgehead atoms. The molecule has 5 heteroatoms. The molecule has 0 aromatic rings. The highest BCUT2D eigenvalue weighted by Gasteiger charge is 2.25. The van der Waals surface area contributed by atoms with E-state index in [0.717, 1.165) is 32.8 Å². The van der Waals surface area contributed by atoms with E-state index in [1.54, 1.807) is 0 Å². The standard InChI is InChI=1S/C11H21BrN2O2/c1-9(13-10(15)11(2,3)12)8-14-4-6-16-7-5-14/h9H,4-8H2,1-3H3,(H,13,15). The van der Waals surface area contributed by atoms with Gasteiger partial charge >= 0.3 is 0 Å². The molecule has 0 aromatic carbocycles. The Bertz CT molecular complexity index is 235. The largest absolute Gasteiger partial charge is 0.379 e. The number of hydrogen-bond donors (Lipinski definition) is 1. The average Bonchev–Trinajstić information content (AvgIpc) is 2.17. The zero-order valence-corrected chi connectivity index (χ0v) is 11.8. The second-order valence-corrected chi connectivity index (χ2v) is 6.74. The Morgan fingerprint density at radius 3 is 2.56 bits per heavy atom. The van der Waals surface area contributed by atoms with Gasteiger partial charge in [0.05, 0.1) is 17.5 Å². The number of morpholine rings is 1. The van der Waals surface area contributed by atoms with Crippen LogP contribution in [0.15, 0.2) is 0 Å². The first-order chi connectivity index (χ1) is 7.39. The van der Waals surface area contributed by atoms with Crippen LogP contribution >= 0.6 is 15.9 Å². The van der Waals surface area contributed by atoms with Crippen molar-refractivity contribution in [2.45, 2.75) is 31.1 Å². The fourth-order valence-electron chi connectivity index (χ4n) is 1.61. The number of rotatable bonds is 4. The molecule has 16 heavy (non-hydrogen) atoms. The molecule has 1 aliphatic heterocycles. The van der Waals surface area contributed by atoms with Crippen LogP contribution in [-0.2, 0) is 9.53 Å². The summed E-state index contributed by atoms with van der Waals surface area (Å²) in [5.74, 6) is 0.0354. The molecule has 1 N–H and O–H groups in total. The molecule has 1 amide bonds. The molecule has 94 valence electrons. The lowest BCUT2D eigenvalue weighted by Gasteiger charge is -2.30. The highest BCUT2D eigenvalue weighted by Crippen LogP contribution is 2.15. The van der Waals surface area contributed by atoms with E-state index in [4.69, 9.17) is 4.74 Å². The van der Waals surface area contributed by atoms with Crippen molar-refractivity contribution in [2.75, 3.05) is 32.8 Å². The smallest absolute Gasteiger partial charge is 0.236 e. The van der Waals surface area contributed by atoms with Crippen LogP contribution in [0.4, 0.5) is 0 Å². The summed E-state index contributed by atoms with van der Waals surface area (Å²) >= 11 is 3.35. The van der Waals surface area contributed by atoms with Gasteiger partial charge < -0.3 is 10.1 Å². The van der Waals surface area contributed by atoms with Crippen molar-refractivity contribution in [2.24, 2.45) is 0 Å². The van der Waals surface area contributed by atoms with Crippen molar-refractivity contribution < 1.29 is 9.53 Å². The van der Waals surface area contributed by atoms with Crippen LogP contribution in [0.1, 0.15) is 20.8 Å². The molecular formula is C11H21BrN2O2. The normalized spacial score (nSPS) is 20.5. The van der Waals surface area contributed by atoms with Gasteiger partial charge in [-0.3, -0.25) is 9.69 Å². The lowest BCUT2D eigenvalue weighted by Crippen LogP contribution is -2.49. The Morgan fingerprint density at radius 1 is 1.50 bits per heavy atom. The highest BCUT2D eigenvalue weighted by molar-refractivity contribution is 9.10. The molecule has 1 heterocycles. The van der Waals surface area contributed by atoms with Crippen LogP contribution in [0.5, 0.6) is 0 Å². The van der Waals surface area contributed by atoms with E-state index in [-0.39, 0.29) is 11.9 Å². The van der Waals surface area contributed by atoms with Crippen LogP contribution in [0, 0.1) is 0 Å². The predicted molar refractivity (Wildman–Crippen MR) is 67.9 cm³/mol. The molecule has 1 rings (SSSR count). The van der Waals surface area contributed by atoms with Crippen molar-refractivity contribution >= 4 is 21.8 Å². The van der Waals surface area contributed by atoms with E-state index in [1.807, 2.05) is 20.8 Å². The topological polar surface area (TPSA) is 41.6 Å². The van der Waals surface area contributed by atoms with E-state index in [9.17, 15) is 4.79 Å². The van der Waals surface area contributed by atoms with Gasteiger partial charge in [-0.25, -0.2) is 0 Å². The third-order valence-corrected chi connectivity index (χ3v) is 2.91. The minimum absolute atomic E-state index is 0.0354. The molecule has 0 radical (unpaired) electrons. The van der Waals surface area contributed by atoms with Gasteiger partial charge in [0, 0.05) is 25.7 Å². The van der Waals surface area contributed by atoms with Crippen LogP contribution in [0.3, 0.4) is 0 Å². The molecule has 4 nitrogen and oxygen atoms in total. The number of alkyl halides is 1. The van der Waals surface area contributed by atoms with Gasteiger partial charge in [0.1, 0.15) is 0 Å². The quantitative estimate of drug-likeness (QED) is 0.786. The zero-order chi connectivity index (χ0) is 12.2. The number of carbonyl (C=O) groups excluding carboxylic acids is 1. The van der Waals surface area contributed by atoms with E-state index >= 15 is 0 Å². The fraction of sp³-hybridized carbons (Fsp3) is 0.909. The van der Waals surface area contributed by atoms with Gasteiger partial charge in [-0.1, -0.05) is 15.9 Å². The van der Waals surface area contributed by atoms with Gasteiger partial charge in [0.2, 0.25) is 5.91 Å². The van der Waals surface area contributed by atoms with Crippen LogP contribution < -0.4 is 5.32 Å². The van der Waals surface area contributed by atoms with Gasteiger partial charge in [-0.05, 0) is 20.8 Å². The van der Waals surface area contributed by atoms with Crippen LogP contribution in [0.2, 0.25) is 0 Å². The Morgan fingerprint density at radius 2 is 2.06 bits per heavy atom. The molecule has 1 aliphatic rings. The summed E-state index contributed by atoms with van der Waals surface area (Å²) in [6.45, 7) is 10.1. The number of carbonyl (C=O) groups is 1. The predicted octanol–water partition coefficient (Wildman–Crippen LogP) is 0.997. The molecule has 0 aliphatic carbocycles. The van der Waals surface area contributed by atoms with Crippen molar-refractivity contribution in [1.82, 2.24) is 10.2 Å².